The zero-order valence-electron chi connectivity index (χ0n) is 7.28. The van der Waals surface area contributed by atoms with E-state index in [1.807, 2.05) is 0 Å². The summed E-state index contributed by atoms with van der Waals surface area (Å²) in [5.41, 5.74) is -5.65. The van der Waals surface area contributed by atoms with Gasteiger partial charge in [-0.1, -0.05) is 0 Å². The van der Waals surface area contributed by atoms with Crippen LogP contribution in [0.15, 0.2) is 24.4 Å². The minimum Gasteiger partial charge on any atom is -0.741 e. The fourth-order valence-corrected chi connectivity index (χ4v) is 0.532. The summed E-state index contributed by atoms with van der Waals surface area (Å²) < 4.78 is 71.0. The van der Waals surface area contributed by atoms with Crippen molar-refractivity contribution in [1.82, 2.24) is 0 Å². The molecule has 0 spiro atoms. The van der Waals surface area contributed by atoms with E-state index in [2.05, 4.69) is 0 Å². The molecule has 1 heterocycles. The van der Waals surface area contributed by atoms with Crippen LogP contribution in [0.5, 0.6) is 0 Å². The van der Waals surface area contributed by atoms with Crippen molar-refractivity contribution in [2.75, 3.05) is 0 Å². The zero-order chi connectivity index (χ0) is 13.0. The molecule has 0 unspecified atom stereocenters. The second-order valence-corrected chi connectivity index (χ2v) is 3.99. The molecule has 1 aromatic rings. The number of halogens is 5. The Morgan fingerprint density at radius 3 is 1.94 bits per heavy atom. The molecule has 1 rings (SSSR count). The normalized spacial score (nSPS) is 11.6. The SMILES string of the molecule is F[n+]1ccccc1Cl.O=S(=O)([O-])C(F)(F)F. The summed E-state index contributed by atoms with van der Waals surface area (Å²) in [4.78, 5) is 0.349. The summed E-state index contributed by atoms with van der Waals surface area (Å²) >= 11 is 5.30. The van der Waals surface area contributed by atoms with E-state index in [1.54, 1.807) is 12.1 Å². The number of pyridine rings is 1. The second-order valence-electron chi connectivity index (χ2n) is 2.23. The van der Waals surface area contributed by atoms with Crippen LogP contribution < -0.4 is 4.79 Å². The molecule has 16 heavy (non-hydrogen) atoms. The molecule has 0 aliphatic carbocycles. The largest absolute Gasteiger partial charge is 0.741 e. The second kappa shape index (κ2) is 5.41. The Bertz CT molecular complexity index is 426. The first-order valence-electron chi connectivity index (χ1n) is 3.40. The number of rotatable bonds is 0. The van der Waals surface area contributed by atoms with Gasteiger partial charge in [-0.25, -0.2) is 8.42 Å². The maximum Gasteiger partial charge on any atom is 0.485 e. The van der Waals surface area contributed by atoms with Crippen LogP contribution in [-0.2, 0) is 10.1 Å². The summed E-state index contributed by atoms with van der Waals surface area (Å²) in [7, 11) is -6.09. The predicted molar refractivity (Wildman–Crippen MR) is 43.9 cm³/mol. The topological polar surface area (TPSA) is 61.1 Å². The third-order valence-electron chi connectivity index (χ3n) is 1.05. The van der Waals surface area contributed by atoms with Crippen molar-refractivity contribution in [1.29, 1.82) is 0 Å². The highest BCUT2D eigenvalue weighted by molar-refractivity contribution is 7.86. The van der Waals surface area contributed by atoms with Crippen LogP contribution in [0.1, 0.15) is 0 Å². The Morgan fingerprint density at radius 2 is 1.75 bits per heavy atom. The van der Waals surface area contributed by atoms with Crippen LogP contribution in [0.3, 0.4) is 0 Å². The highest BCUT2D eigenvalue weighted by Gasteiger charge is 2.36. The molecule has 0 aliphatic heterocycles. The lowest BCUT2D eigenvalue weighted by molar-refractivity contribution is -0.841. The van der Waals surface area contributed by atoms with E-state index in [-0.39, 0.29) is 5.15 Å². The maximum absolute atomic E-state index is 12.1. The molecular weight excluding hydrogens is 278 g/mol. The van der Waals surface area contributed by atoms with E-state index < -0.39 is 15.6 Å². The molecule has 0 fully saturated rings. The first-order valence-corrected chi connectivity index (χ1v) is 5.19. The highest BCUT2D eigenvalue weighted by Crippen LogP contribution is 2.20. The van der Waals surface area contributed by atoms with Gasteiger partial charge in [0.05, 0.1) is 4.48 Å². The van der Waals surface area contributed by atoms with Gasteiger partial charge in [-0.2, -0.15) is 13.2 Å². The monoisotopic (exact) mass is 281 g/mol. The van der Waals surface area contributed by atoms with Gasteiger partial charge in [0.1, 0.15) is 0 Å². The number of alkyl halides is 3. The molecule has 10 heteroatoms. The number of aromatic nitrogens is 1. The van der Waals surface area contributed by atoms with Crippen molar-refractivity contribution in [3.05, 3.63) is 29.5 Å². The van der Waals surface area contributed by atoms with Crippen molar-refractivity contribution in [2.24, 2.45) is 0 Å². The zero-order valence-corrected chi connectivity index (χ0v) is 8.85. The van der Waals surface area contributed by atoms with E-state index in [9.17, 15) is 17.7 Å². The van der Waals surface area contributed by atoms with Gasteiger partial charge >= 0.3 is 10.7 Å². The molecule has 0 saturated heterocycles. The van der Waals surface area contributed by atoms with Crippen molar-refractivity contribution in [2.45, 2.75) is 5.51 Å². The van der Waals surface area contributed by atoms with Crippen molar-refractivity contribution >= 4 is 21.7 Å². The number of hydrogen-bond acceptors (Lipinski definition) is 3. The minimum atomic E-state index is -6.09. The van der Waals surface area contributed by atoms with Gasteiger partial charge in [-0.15, -0.1) is 0 Å². The van der Waals surface area contributed by atoms with Gasteiger partial charge in [0.15, 0.2) is 10.1 Å². The van der Waals surface area contributed by atoms with E-state index in [4.69, 9.17) is 24.6 Å². The molecular formula is C6H4ClF4NO3S. The Morgan fingerprint density at radius 1 is 1.31 bits per heavy atom. The Balaban J connectivity index is 0.000000281. The van der Waals surface area contributed by atoms with Gasteiger partial charge < -0.3 is 4.55 Å². The molecule has 1 aromatic heterocycles. The molecule has 92 valence electrons. The summed E-state index contributed by atoms with van der Waals surface area (Å²) in [6, 6.07) is 4.70. The quantitative estimate of drug-likeness (QED) is 0.313. The first-order chi connectivity index (χ1) is 7.05. The average molecular weight is 282 g/mol. The van der Waals surface area contributed by atoms with Crippen LogP contribution in [0.4, 0.5) is 17.7 Å². The fourth-order valence-electron chi connectivity index (χ4n) is 0.403. The van der Waals surface area contributed by atoms with Gasteiger partial charge in [-0.05, 0) is 17.7 Å². The third kappa shape index (κ3) is 5.24. The molecule has 0 radical (unpaired) electrons. The van der Waals surface area contributed by atoms with Crippen LogP contribution >= 0.6 is 11.6 Å². The van der Waals surface area contributed by atoms with E-state index >= 15 is 0 Å². The lowest BCUT2D eigenvalue weighted by atomic mass is 10.5. The van der Waals surface area contributed by atoms with Crippen LogP contribution in [0, 0.1) is 0 Å². The molecule has 0 amide bonds. The summed E-state index contributed by atoms with van der Waals surface area (Å²) in [5.74, 6) is 0. The average Bonchev–Trinajstić information content (AvgIpc) is 2.08. The number of hydrogen-bond donors (Lipinski definition) is 0. The molecule has 0 aromatic carbocycles. The maximum atomic E-state index is 12.1. The fraction of sp³-hybridized carbons (Fsp3) is 0.167. The standard InChI is InChI=1S/C5H4ClFN.CHF3O3S/c6-5-3-1-2-4-8(5)7;2-1(3,4)8(5,6)7/h1-4H;(H,5,6,7)/q+1;/p-1. The van der Waals surface area contributed by atoms with E-state index in [0.717, 1.165) is 0 Å². The molecule has 0 saturated carbocycles. The lowest BCUT2D eigenvalue weighted by Crippen LogP contribution is -2.21. The molecule has 0 atom stereocenters. The van der Waals surface area contributed by atoms with Crippen LogP contribution in [0.2, 0.25) is 5.15 Å². The molecule has 0 aliphatic rings. The van der Waals surface area contributed by atoms with Gasteiger partial charge in [0, 0.05) is 16.9 Å². The predicted octanol–water partition coefficient (Wildman–Crippen LogP) is 1.41. The summed E-state index contributed by atoms with van der Waals surface area (Å²) in [5, 5.41) is 0.0903. The van der Waals surface area contributed by atoms with Crippen LogP contribution in [-0.4, -0.2) is 18.5 Å². The van der Waals surface area contributed by atoms with Crippen LogP contribution in [0.25, 0.3) is 0 Å². The van der Waals surface area contributed by atoms with Gasteiger partial charge in [-0.3, -0.25) is 0 Å². The number of nitrogens with zero attached hydrogens (tertiary/aromatic N) is 1. The molecule has 0 N–H and O–H groups in total. The Hall–Kier alpha value is -0.930. The summed E-state index contributed by atoms with van der Waals surface area (Å²) in [6.07, 6.45) is 1.24. The first kappa shape index (κ1) is 15.1. The Kier molecular flexibility index (Phi) is 5.10. The molecule has 0 bridgehead atoms. The van der Waals surface area contributed by atoms with Gasteiger partial charge in [0.25, 0.3) is 0 Å². The molecule has 4 nitrogen and oxygen atoms in total. The lowest BCUT2D eigenvalue weighted by Gasteiger charge is -2.08. The van der Waals surface area contributed by atoms with Crippen molar-refractivity contribution in [3.8, 4) is 0 Å². The van der Waals surface area contributed by atoms with Gasteiger partial charge in [0.2, 0.25) is 6.20 Å². The third-order valence-corrected chi connectivity index (χ3v) is 1.90. The smallest absolute Gasteiger partial charge is 0.485 e. The van der Waals surface area contributed by atoms with Crippen molar-refractivity contribution in [3.63, 3.8) is 0 Å². The van der Waals surface area contributed by atoms with E-state index in [0.29, 0.717) is 4.79 Å². The Labute approximate surface area is 92.8 Å². The van der Waals surface area contributed by atoms with E-state index in [1.165, 1.54) is 12.3 Å². The minimum absolute atomic E-state index is 0.0903. The van der Waals surface area contributed by atoms with Crippen molar-refractivity contribution < 1.29 is 35.4 Å². The highest BCUT2D eigenvalue weighted by atomic mass is 35.5. The summed E-state index contributed by atoms with van der Waals surface area (Å²) in [6.45, 7) is 0.